The summed E-state index contributed by atoms with van der Waals surface area (Å²) >= 11 is 0. The van der Waals surface area contributed by atoms with Crippen LogP contribution < -0.4 is 5.32 Å². The molecule has 0 aliphatic rings. The van der Waals surface area contributed by atoms with E-state index in [1.54, 1.807) is 6.92 Å². The monoisotopic (exact) mass is 317 g/mol. The highest BCUT2D eigenvalue weighted by Crippen LogP contribution is 2.13. The minimum atomic E-state index is -0.960. The van der Waals surface area contributed by atoms with E-state index in [1.165, 1.54) is 11.7 Å². The number of hydrogen-bond acceptors (Lipinski definition) is 5. The lowest BCUT2D eigenvalue weighted by atomic mass is 10.0. The first-order valence-corrected chi connectivity index (χ1v) is 7.24. The van der Waals surface area contributed by atoms with E-state index in [2.05, 4.69) is 20.7 Å². The molecule has 0 spiro atoms. The summed E-state index contributed by atoms with van der Waals surface area (Å²) in [4.78, 5) is 24.0. The number of nitrogens with zero attached hydrogens (tertiary/aromatic N) is 4. The molecule has 2 atom stereocenters. The summed E-state index contributed by atoms with van der Waals surface area (Å²) in [5, 5.41) is 23.4. The van der Waals surface area contributed by atoms with Crippen molar-refractivity contribution in [2.45, 2.75) is 33.4 Å². The number of carbonyl (C=O) groups is 2. The van der Waals surface area contributed by atoms with Gasteiger partial charge < -0.3 is 10.4 Å². The van der Waals surface area contributed by atoms with E-state index in [1.807, 2.05) is 31.2 Å². The number of aliphatic carboxylic acids is 1. The number of aromatic nitrogens is 4. The molecule has 0 saturated heterocycles. The van der Waals surface area contributed by atoms with Gasteiger partial charge in [-0.05, 0) is 26.0 Å². The molecule has 0 fully saturated rings. The Kier molecular flexibility index (Phi) is 5.05. The average molecular weight is 317 g/mol. The molecule has 0 bridgehead atoms. The van der Waals surface area contributed by atoms with Gasteiger partial charge in [0.25, 0.3) is 0 Å². The fourth-order valence-corrected chi connectivity index (χ4v) is 1.90. The van der Waals surface area contributed by atoms with Gasteiger partial charge in [0.2, 0.25) is 11.7 Å². The zero-order valence-corrected chi connectivity index (χ0v) is 13.2. The van der Waals surface area contributed by atoms with Crippen molar-refractivity contribution in [1.29, 1.82) is 0 Å². The summed E-state index contributed by atoms with van der Waals surface area (Å²) in [6, 6.07) is 7.16. The maximum absolute atomic E-state index is 11.9. The van der Waals surface area contributed by atoms with Gasteiger partial charge in [-0.3, -0.25) is 9.59 Å². The van der Waals surface area contributed by atoms with Crippen LogP contribution in [0.4, 0.5) is 0 Å². The van der Waals surface area contributed by atoms with Gasteiger partial charge in [0.15, 0.2) is 0 Å². The Labute approximate surface area is 133 Å². The summed E-state index contributed by atoms with van der Waals surface area (Å²) in [6.07, 6.45) is 0. The smallest absolute Gasteiger partial charge is 0.308 e. The first-order valence-electron chi connectivity index (χ1n) is 7.24. The van der Waals surface area contributed by atoms with E-state index in [0.717, 1.165) is 11.1 Å². The van der Waals surface area contributed by atoms with E-state index in [-0.39, 0.29) is 12.5 Å². The van der Waals surface area contributed by atoms with E-state index in [4.69, 9.17) is 5.11 Å². The third-order valence-electron chi connectivity index (χ3n) is 3.58. The third-order valence-corrected chi connectivity index (χ3v) is 3.58. The van der Waals surface area contributed by atoms with Crippen molar-refractivity contribution in [1.82, 2.24) is 25.5 Å². The van der Waals surface area contributed by atoms with E-state index >= 15 is 0 Å². The van der Waals surface area contributed by atoms with Gasteiger partial charge in [-0.2, -0.15) is 4.80 Å². The Hall–Kier alpha value is -2.77. The fourth-order valence-electron chi connectivity index (χ4n) is 1.90. The van der Waals surface area contributed by atoms with Crippen molar-refractivity contribution in [3.63, 3.8) is 0 Å². The lowest BCUT2D eigenvalue weighted by Crippen LogP contribution is -2.41. The Bertz CT molecular complexity index is 695. The molecular weight excluding hydrogens is 298 g/mol. The number of carboxylic acids is 1. The number of nitrogens with one attached hydrogen (secondary N) is 1. The molecule has 0 aliphatic carbocycles. The Morgan fingerprint density at radius 2 is 1.91 bits per heavy atom. The number of tetrazole rings is 1. The molecule has 0 aliphatic heterocycles. The molecule has 2 N–H and O–H groups in total. The van der Waals surface area contributed by atoms with Crippen LogP contribution >= 0.6 is 0 Å². The largest absolute Gasteiger partial charge is 0.481 e. The van der Waals surface area contributed by atoms with Gasteiger partial charge in [-0.1, -0.05) is 29.8 Å². The van der Waals surface area contributed by atoms with Crippen LogP contribution in [0, 0.1) is 12.8 Å². The molecule has 1 aromatic carbocycles. The topological polar surface area (TPSA) is 110 Å². The zero-order valence-electron chi connectivity index (χ0n) is 13.2. The predicted octanol–water partition coefficient (Wildman–Crippen LogP) is 0.874. The Balaban J connectivity index is 1.97. The Morgan fingerprint density at radius 3 is 2.52 bits per heavy atom. The average Bonchev–Trinajstić information content (AvgIpc) is 2.95. The first-order chi connectivity index (χ1) is 10.9. The number of rotatable bonds is 6. The van der Waals surface area contributed by atoms with E-state index in [9.17, 15) is 9.59 Å². The maximum Gasteiger partial charge on any atom is 0.308 e. The number of amides is 1. The highest BCUT2D eigenvalue weighted by Gasteiger charge is 2.21. The molecule has 1 heterocycles. The third kappa shape index (κ3) is 4.35. The van der Waals surface area contributed by atoms with Crippen LogP contribution in [0.1, 0.15) is 19.4 Å². The van der Waals surface area contributed by atoms with Crippen molar-refractivity contribution >= 4 is 11.9 Å². The minimum Gasteiger partial charge on any atom is -0.481 e. The van der Waals surface area contributed by atoms with E-state index in [0.29, 0.717) is 5.82 Å². The van der Waals surface area contributed by atoms with Crippen LogP contribution in [-0.2, 0) is 16.1 Å². The van der Waals surface area contributed by atoms with Crippen LogP contribution in [0.15, 0.2) is 24.3 Å². The van der Waals surface area contributed by atoms with Gasteiger partial charge in [-0.15, -0.1) is 10.2 Å². The molecule has 2 unspecified atom stereocenters. The normalized spacial score (nSPS) is 13.3. The summed E-state index contributed by atoms with van der Waals surface area (Å²) in [6.45, 7) is 5.05. The summed E-state index contributed by atoms with van der Waals surface area (Å²) in [7, 11) is 0. The standard InChI is InChI=1S/C15H19N5O3/c1-9-4-6-12(7-5-9)14-17-19-20(18-14)8-13(21)16-11(3)10(2)15(22)23/h4-7,10-11H,8H2,1-3H3,(H,16,21)(H,22,23). The molecule has 2 aromatic rings. The minimum absolute atomic E-state index is 0.116. The number of benzene rings is 1. The lowest BCUT2D eigenvalue weighted by molar-refractivity contribution is -0.142. The highest BCUT2D eigenvalue weighted by atomic mass is 16.4. The summed E-state index contributed by atoms with van der Waals surface area (Å²) in [5.41, 5.74) is 1.94. The summed E-state index contributed by atoms with van der Waals surface area (Å²) < 4.78 is 0. The van der Waals surface area contributed by atoms with Gasteiger partial charge in [0.1, 0.15) is 6.54 Å². The van der Waals surface area contributed by atoms with Gasteiger partial charge >= 0.3 is 5.97 Å². The molecule has 0 radical (unpaired) electrons. The molecule has 122 valence electrons. The quantitative estimate of drug-likeness (QED) is 0.818. The second-order valence-corrected chi connectivity index (χ2v) is 5.49. The number of aryl methyl sites for hydroxylation is 1. The van der Waals surface area contributed by atoms with Crippen molar-refractivity contribution in [2.75, 3.05) is 0 Å². The molecular formula is C15H19N5O3. The van der Waals surface area contributed by atoms with Crippen molar-refractivity contribution in [3.05, 3.63) is 29.8 Å². The van der Waals surface area contributed by atoms with Gasteiger partial charge in [0.05, 0.1) is 5.92 Å². The first kappa shape index (κ1) is 16.6. The highest BCUT2D eigenvalue weighted by molar-refractivity contribution is 5.77. The van der Waals surface area contributed by atoms with Crippen LogP contribution in [0.2, 0.25) is 0 Å². The molecule has 8 heteroatoms. The van der Waals surface area contributed by atoms with Crippen molar-refractivity contribution < 1.29 is 14.7 Å². The maximum atomic E-state index is 11.9. The lowest BCUT2D eigenvalue weighted by Gasteiger charge is -2.17. The fraction of sp³-hybridized carbons (Fsp3) is 0.400. The van der Waals surface area contributed by atoms with Gasteiger partial charge in [0, 0.05) is 11.6 Å². The number of carboxylic acid groups (broad SMARTS) is 1. The second kappa shape index (κ2) is 6.99. The van der Waals surface area contributed by atoms with Crippen LogP contribution in [0.5, 0.6) is 0 Å². The zero-order chi connectivity index (χ0) is 17.0. The number of hydrogen-bond donors (Lipinski definition) is 2. The van der Waals surface area contributed by atoms with Crippen LogP contribution in [-0.4, -0.2) is 43.2 Å². The summed E-state index contributed by atoms with van der Waals surface area (Å²) in [5.74, 6) is -1.56. The number of carbonyl (C=O) groups excluding carboxylic acids is 1. The van der Waals surface area contributed by atoms with Crippen molar-refractivity contribution in [3.8, 4) is 11.4 Å². The molecule has 1 amide bonds. The molecule has 8 nitrogen and oxygen atoms in total. The van der Waals surface area contributed by atoms with Crippen LogP contribution in [0.25, 0.3) is 11.4 Å². The van der Waals surface area contributed by atoms with Crippen molar-refractivity contribution in [2.24, 2.45) is 5.92 Å². The van der Waals surface area contributed by atoms with E-state index < -0.39 is 17.9 Å². The molecule has 1 aromatic heterocycles. The molecule has 23 heavy (non-hydrogen) atoms. The molecule has 0 saturated carbocycles. The van der Waals surface area contributed by atoms with Crippen LogP contribution in [0.3, 0.4) is 0 Å². The predicted molar refractivity (Wildman–Crippen MR) is 82.4 cm³/mol. The SMILES string of the molecule is Cc1ccc(-c2nnn(CC(=O)NC(C)C(C)C(=O)O)n2)cc1. The van der Waals surface area contributed by atoms with Gasteiger partial charge in [-0.25, -0.2) is 0 Å². The Morgan fingerprint density at radius 1 is 1.26 bits per heavy atom. The molecule has 2 rings (SSSR count). The second-order valence-electron chi connectivity index (χ2n) is 5.49.